The number of halogens is 2. The molecule has 1 aromatic heterocycles. The van der Waals surface area contributed by atoms with Crippen molar-refractivity contribution in [1.82, 2.24) is 10.4 Å². The maximum Gasteiger partial charge on any atom is 0.349 e. The number of carbonyl (C=O) groups excluding carboxylic acids is 1. The number of hydrogen-bond donors (Lipinski definition) is 3. The lowest BCUT2D eigenvalue weighted by molar-refractivity contribution is 0.215. The Labute approximate surface area is 132 Å². The molecule has 0 fully saturated rings. The van der Waals surface area contributed by atoms with Crippen LogP contribution < -0.4 is 17.1 Å². The largest absolute Gasteiger partial charge is 0.465 e. The fraction of sp³-hybridized carbons (Fsp3) is 0.0714. The van der Waals surface area contributed by atoms with E-state index in [9.17, 15) is 9.18 Å². The first kappa shape index (κ1) is 17.7. The van der Waals surface area contributed by atoms with Gasteiger partial charge in [-0.1, -0.05) is 17.7 Å². The van der Waals surface area contributed by atoms with Crippen molar-refractivity contribution in [1.29, 1.82) is 0 Å². The summed E-state index contributed by atoms with van der Waals surface area (Å²) in [5.41, 5.74) is 2.46. The molecule has 0 saturated carbocycles. The normalized spacial score (nSPS) is 13.6. The van der Waals surface area contributed by atoms with Gasteiger partial charge in [-0.05, 0) is 42.9 Å². The lowest BCUT2D eigenvalue weighted by atomic mass is 10.2. The molecule has 0 aromatic carbocycles. The van der Waals surface area contributed by atoms with Crippen molar-refractivity contribution < 1.29 is 13.6 Å². The Bertz CT molecular complexity index is 621. The number of hydrogen-bond acceptors (Lipinski definition) is 4. The van der Waals surface area contributed by atoms with Crippen molar-refractivity contribution in [2.24, 2.45) is 11.7 Å². The number of allylic oxidation sites excluding steroid dienone is 6. The molecule has 0 aliphatic carbocycles. The van der Waals surface area contributed by atoms with E-state index in [0.717, 1.165) is 12.3 Å². The monoisotopic (exact) mass is 326 g/mol. The van der Waals surface area contributed by atoms with Crippen LogP contribution >= 0.6 is 11.6 Å². The van der Waals surface area contributed by atoms with Crippen LogP contribution in [0.15, 0.2) is 63.7 Å². The zero-order valence-corrected chi connectivity index (χ0v) is 12.5. The van der Waals surface area contributed by atoms with Crippen molar-refractivity contribution in [2.75, 3.05) is 0 Å². The third-order valence-electron chi connectivity index (χ3n) is 2.43. The summed E-state index contributed by atoms with van der Waals surface area (Å²) in [5.74, 6) is 9.97. The molecule has 0 aliphatic rings. The van der Waals surface area contributed by atoms with Gasteiger partial charge in [0, 0.05) is 5.03 Å². The van der Waals surface area contributed by atoms with E-state index < -0.39 is 11.9 Å². The second-order valence-electron chi connectivity index (χ2n) is 4.08. The highest BCUT2D eigenvalue weighted by molar-refractivity contribution is 6.31. The van der Waals surface area contributed by atoms with Crippen LogP contribution in [0.5, 0.6) is 0 Å². The number of nitrogens with two attached hydrogens (primary N) is 2. The summed E-state index contributed by atoms with van der Waals surface area (Å²) in [4.78, 5) is 11.0. The highest BCUT2D eigenvalue weighted by atomic mass is 35.5. The van der Waals surface area contributed by atoms with E-state index in [2.05, 4.69) is 0 Å². The topological polar surface area (TPSA) is 97.5 Å². The van der Waals surface area contributed by atoms with Crippen LogP contribution in [0.1, 0.15) is 12.7 Å². The zero-order chi connectivity index (χ0) is 16.5. The predicted octanol–water partition coefficient (Wildman–Crippen LogP) is 2.93. The first-order chi connectivity index (χ1) is 10.4. The van der Waals surface area contributed by atoms with Crippen LogP contribution in [0.4, 0.5) is 9.18 Å². The van der Waals surface area contributed by atoms with Gasteiger partial charge in [-0.25, -0.2) is 25.9 Å². The first-order valence-corrected chi connectivity index (χ1v) is 6.49. The van der Waals surface area contributed by atoms with Gasteiger partial charge in [0.05, 0.1) is 12.5 Å². The molecule has 0 atom stereocenters. The Morgan fingerprint density at radius 2 is 2.18 bits per heavy atom. The second kappa shape index (κ2) is 8.83. The maximum atomic E-state index is 13.5. The van der Waals surface area contributed by atoms with Crippen molar-refractivity contribution in [2.45, 2.75) is 6.92 Å². The molecular formula is C14H16ClFN4O2. The lowest BCUT2D eigenvalue weighted by Gasteiger charge is -2.09. The minimum atomic E-state index is -0.859. The number of hydrazine groups is 2. The Kier molecular flexibility index (Phi) is 7.11. The predicted molar refractivity (Wildman–Crippen MR) is 83.4 cm³/mol. The van der Waals surface area contributed by atoms with E-state index in [1.54, 1.807) is 42.9 Å². The van der Waals surface area contributed by atoms with E-state index in [0.29, 0.717) is 21.4 Å². The van der Waals surface area contributed by atoms with E-state index in [1.165, 1.54) is 6.08 Å². The summed E-state index contributed by atoms with van der Waals surface area (Å²) < 4.78 is 18.6. The summed E-state index contributed by atoms with van der Waals surface area (Å²) in [7, 11) is 0. The Hall–Kier alpha value is -2.35. The molecular weight excluding hydrogens is 311 g/mol. The van der Waals surface area contributed by atoms with Gasteiger partial charge >= 0.3 is 6.03 Å². The van der Waals surface area contributed by atoms with E-state index in [4.69, 9.17) is 27.7 Å². The quantitative estimate of drug-likeness (QED) is 0.335. The van der Waals surface area contributed by atoms with Gasteiger partial charge in [0.2, 0.25) is 0 Å². The second-order valence-corrected chi connectivity index (χ2v) is 4.49. The summed E-state index contributed by atoms with van der Waals surface area (Å²) in [6, 6.07) is 2.69. The average Bonchev–Trinajstić information content (AvgIpc) is 3.02. The summed E-state index contributed by atoms with van der Waals surface area (Å²) in [6.07, 6.45) is 8.17. The molecule has 2 amide bonds. The molecule has 0 saturated heterocycles. The minimum absolute atomic E-state index is 0.318. The third kappa shape index (κ3) is 5.96. The zero-order valence-electron chi connectivity index (χ0n) is 11.8. The molecule has 1 rings (SSSR count). The lowest BCUT2D eigenvalue weighted by Crippen LogP contribution is -2.44. The highest BCUT2D eigenvalue weighted by Gasteiger charge is 2.04. The molecule has 0 unspecified atom stereocenters. The first-order valence-electron chi connectivity index (χ1n) is 6.12. The van der Waals surface area contributed by atoms with Crippen molar-refractivity contribution in [3.05, 3.63) is 65.0 Å². The molecule has 0 radical (unpaired) electrons. The summed E-state index contributed by atoms with van der Waals surface area (Å²) >= 11 is 6.01. The number of urea groups is 1. The molecule has 1 aromatic rings. The molecule has 0 aliphatic heterocycles. The van der Waals surface area contributed by atoms with Gasteiger partial charge in [0.1, 0.15) is 11.6 Å². The van der Waals surface area contributed by atoms with Gasteiger partial charge in [-0.15, -0.1) is 0 Å². The van der Waals surface area contributed by atoms with Crippen LogP contribution in [0.2, 0.25) is 0 Å². The number of amides is 2. The van der Waals surface area contributed by atoms with Crippen molar-refractivity contribution >= 4 is 23.7 Å². The molecule has 0 bridgehead atoms. The average molecular weight is 327 g/mol. The van der Waals surface area contributed by atoms with Gasteiger partial charge in [-0.3, -0.25) is 5.43 Å². The Morgan fingerprint density at radius 3 is 2.77 bits per heavy atom. The molecule has 5 N–H and O–H groups in total. The fourth-order valence-electron chi connectivity index (χ4n) is 1.27. The van der Waals surface area contributed by atoms with Crippen LogP contribution in [-0.2, 0) is 0 Å². The summed E-state index contributed by atoms with van der Waals surface area (Å²) in [5, 5.41) is 0.791. The minimum Gasteiger partial charge on any atom is -0.465 e. The van der Waals surface area contributed by atoms with Gasteiger partial charge in [0.25, 0.3) is 0 Å². The van der Waals surface area contributed by atoms with Gasteiger partial charge in [-0.2, -0.15) is 0 Å². The molecule has 118 valence electrons. The van der Waals surface area contributed by atoms with Crippen molar-refractivity contribution in [3.8, 4) is 0 Å². The summed E-state index contributed by atoms with van der Waals surface area (Å²) in [6.45, 7) is 1.75. The number of nitrogens with one attached hydrogen (secondary N) is 1. The van der Waals surface area contributed by atoms with Gasteiger partial charge in [0.15, 0.2) is 0 Å². The number of rotatable bonds is 5. The molecule has 0 spiro atoms. The molecule has 6 nitrogen and oxygen atoms in total. The molecule has 8 heteroatoms. The highest BCUT2D eigenvalue weighted by Crippen LogP contribution is 2.15. The third-order valence-corrected chi connectivity index (χ3v) is 2.85. The van der Waals surface area contributed by atoms with Crippen LogP contribution in [0.3, 0.4) is 0 Å². The van der Waals surface area contributed by atoms with Crippen molar-refractivity contribution in [3.63, 3.8) is 0 Å². The van der Waals surface area contributed by atoms with Crippen LogP contribution in [0.25, 0.3) is 6.08 Å². The van der Waals surface area contributed by atoms with Crippen LogP contribution in [-0.4, -0.2) is 11.0 Å². The Balaban J connectivity index is 2.72. The number of nitrogens with zero attached hydrogens (tertiary/aromatic N) is 1. The SMILES string of the molecule is CC(/C=C/c1ccco1)=C(Cl)\C=C/C(F)=C/N(N)C(=O)NN. The Morgan fingerprint density at radius 1 is 1.45 bits per heavy atom. The molecule has 1 heterocycles. The molecule has 22 heavy (non-hydrogen) atoms. The van der Waals surface area contributed by atoms with Gasteiger partial charge < -0.3 is 4.42 Å². The smallest absolute Gasteiger partial charge is 0.349 e. The fourth-order valence-corrected chi connectivity index (χ4v) is 1.39. The van der Waals surface area contributed by atoms with E-state index in [1.807, 2.05) is 0 Å². The van der Waals surface area contributed by atoms with E-state index >= 15 is 0 Å². The van der Waals surface area contributed by atoms with Crippen LogP contribution in [0, 0.1) is 0 Å². The standard InChI is InChI=1S/C14H16ClFN4O2/c1-10(4-6-12-3-2-8-22-12)13(15)7-5-11(16)9-20(18)14(21)19-17/h2-9H,17-18H2,1H3,(H,19,21)/b6-4+,7-5-,11-9-,13-10-. The van der Waals surface area contributed by atoms with E-state index in [-0.39, 0.29) is 0 Å². The maximum absolute atomic E-state index is 13.5. The number of carbonyl (C=O) groups is 1. The number of furan rings is 1.